The van der Waals surface area contributed by atoms with E-state index in [0.717, 1.165) is 25.6 Å². The first-order valence-electron chi connectivity index (χ1n) is 15.1. The Morgan fingerprint density at radius 2 is 1.02 bits per heavy atom. The van der Waals surface area contributed by atoms with Crippen molar-refractivity contribution in [3.8, 4) is 11.5 Å². The number of hydrogen-bond acceptors (Lipinski definition) is 6. The second kappa shape index (κ2) is 17.7. The predicted octanol–water partition coefficient (Wildman–Crippen LogP) is 7.83. The van der Waals surface area contributed by atoms with Gasteiger partial charge in [-0.05, 0) is 71.6 Å². The van der Waals surface area contributed by atoms with Crippen LogP contribution in [-0.4, -0.2) is 24.2 Å². The molecule has 0 atom stereocenters. The number of nitrogens with one attached hydrogen (secondary N) is 2. The molecule has 242 valence electrons. The summed E-state index contributed by atoms with van der Waals surface area (Å²) in [4.78, 5) is 26.7. The number of rotatable bonds is 14. The number of para-hydroxylation sites is 2. The first-order chi connectivity index (χ1) is 23.4. The highest BCUT2D eigenvalue weighted by Gasteiger charge is 2.27. The number of ether oxygens (including phenoxy) is 2. The number of hydrazone groups is 2. The summed E-state index contributed by atoms with van der Waals surface area (Å²) >= 11 is 6.95. The maximum atomic E-state index is 13.3. The van der Waals surface area contributed by atoms with Crippen LogP contribution in [0.4, 0.5) is 0 Å². The fraction of sp³-hybridized carbons (Fsp3) is 0.105. The molecular weight excluding hydrogens is 736 g/mol. The topological polar surface area (TPSA) is 101 Å². The molecule has 0 unspecified atom stereocenters. The van der Waals surface area contributed by atoms with E-state index in [4.69, 9.17) is 9.47 Å². The second-order valence-corrected chi connectivity index (χ2v) is 12.5. The van der Waals surface area contributed by atoms with Crippen LogP contribution in [0.1, 0.15) is 27.8 Å². The van der Waals surface area contributed by atoms with E-state index < -0.39 is 17.7 Å². The van der Waals surface area contributed by atoms with Crippen LogP contribution < -0.4 is 20.3 Å². The smallest absolute Gasteiger partial charge is 0.253 e. The molecule has 0 radical (unpaired) electrons. The van der Waals surface area contributed by atoms with Crippen LogP contribution in [0.2, 0.25) is 0 Å². The average molecular weight is 769 g/mol. The zero-order chi connectivity index (χ0) is 33.6. The molecule has 2 amide bonds. The highest BCUT2D eigenvalue weighted by molar-refractivity contribution is 9.10. The molecule has 10 heteroatoms. The van der Waals surface area contributed by atoms with Crippen molar-refractivity contribution in [2.45, 2.75) is 19.6 Å². The van der Waals surface area contributed by atoms with Crippen LogP contribution in [-0.2, 0) is 29.2 Å². The van der Waals surface area contributed by atoms with E-state index >= 15 is 0 Å². The van der Waals surface area contributed by atoms with Gasteiger partial charge in [-0.1, -0.05) is 111 Å². The summed E-state index contributed by atoms with van der Waals surface area (Å²) in [5, 5.41) is 8.31. The van der Waals surface area contributed by atoms with Gasteiger partial charge in [0.15, 0.2) is 0 Å². The van der Waals surface area contributed by atoms with Crippen molar-refractivity contribution in [2.24, 2.45) is 16.1 Å². The maximum Gasteiger partial charge on any atom is 0.253 e. The highest BCUT2D eigenvalue weighted by Crippen LogP contribution is 2.21. The molecule has 2 N–H and O–H groups in total. The Balaban J connectivity index is 1.23. The Morgan fingerprint density at radius 3 is 1.50 bits per heavy atom. The number of benzene rings is 5. The number of halogens is 2. The largest absolute Gasteiger partial charge is 0.488 e. The molecule has 0 fully saturated rings. The zero-order valence-corrected chi connectivity index (χ0v) is 28.9. The third-order valence-corrected chi connectivity index (χ3v) is 8.06. The van der Waals surface area contributed by atoms with E-state index in [-0.39, 0.29) is 6.42 Å². The van der Waals surface area contributed by atoms with Gasteiger partial charge in [-0.25, -0.2) is 10.9 Å². The Hall–Kier alpha value is -5.06. The Labute approximate surface area is 296 Å². The molecule has 5 rings (SSSR count). The summed E-state index contributed by atoms with van der Waals surface area (Å²) < 4.78 is 14.0. The molecule has 0 saturated carbocycles. The number of carbonyl (C=O) groups excluding carboxylic acids is 2. The molecular formula is C38H32Br2N4O4. The van der Waals surface area contributed by atoms with E-state index in [2.05, 4.69) is 52.9 Å². The van der Waals surface area contributed by atoms with Crippen molar-refractivity contribution >= 4 is 56.1 Å². The van der Waals surface area contributed by atoms with Crippen molar-refractivity contribution < 1.29 is 19.1 Å². The van der Waals surface area contributed by atoms with Crippen molar-refractivity contribution in [3.63, 3.8) is 0 Å². The van der Waals surface area contributed by atoms with E-state index in [1.165, 1.54) is 12.4 Å². The molecule has 0 heterocycles. The van der Waals surface area contributed by atoms with Gasteiger partial charge in [-0.15, -0.1) is 0 Å². The molecule has 5 aromatic carbocycles. The Kier molecular flexibility index (Phi) is 12.7. The summed E-state index contributed by atoms with van der Waals surface area (Å²) in [6, 6.07) is 39.7. The molecule has 0 aliphatic rings. The second-order valence-electron chi connectivity index (χ2n) is 10.6. The number of nitrogens with zero attached hydrogens (tertiary/aromatic N) is 2. The Morgan fingerprint density at radius 1 is 0.583 bits per heavy atom. The van der Waals surface area contributed by atoms with Gasteiger partial charge in [0.1, 0.15) is 30.6 Å². The van der Waals surface area contributed by atoms with Gasteiger partial charge >= 0.3 is 0 Å². The summed E-state index contributed by atoms with van der Waals surface area (Å²) in [5.74, 6) is -1.05. The Bertz CT molecular complexity index is 1780. The lowest BCUT2D eigenvalue weighted by atomic mass is 9.98. The monoisotopic (exact) mass is 766 g/mol. The van der Waals surface area contributed by atoms with E-state index in [0.29, 0.717) is 35.8 Å². The van der Waals surface area contributed by atoms with Gasteiger partial charge in [-0.3, -0.25) is 9.59 Å². The molecule has 0 saturated heterocycles. The van der Waals surface area contributed by atoms with Crippen LogP contribution in [0.25, 0.3) is 0 Å². The lowest BCUT2D eigenvalue weighted by molar-refractivity contribution is -0.135. The SMILES string of the molecule is O=C(N/N=C/c1ccccc1OCc1cccc(Br)c1)C(Cc1ccccc1)C(=O)N/N=C/c1ccccc1OCc1cccc(Br)c1. The minimum absolute atomic E-state index is 0.155. The highest BCUT2D eigenvalue weighted by atomic mass is 79.9. The minimum Gasteiger partial charge on any atom is -0.488 e. The zero-order valence-electron chi connectivity index (χ0n) is 25.8. The van der Waals surface area contributed by atoms with Crippen molar-refractivity contribution in [1.29, 1.82) is 0 Å². The number of amides is 2. The maximum absolute atomic E-state index is 13.3. The standard InChI is InChI=1S/C38H32Br2N4O4/c39-32-16-8-12-28(20-32)25-47-35-18-6-4-14-30(35)23-41-43-37(45)34(22-27-10-2-1-3-11-27)38(46)44-42-24-31-15-5-7-19-36(31)48-26-29-13-9-17-33(40)21-29/h1-21,23-24,34H,22,25-26H2,(H,43,45)(H,44,46)/b41-23+,42-24+. The molecule has 5 aromatic rings. The molecule has 0 aliphatic carbocycles. The molecule has 8 nitrogen and oxygen atoms in total. The minimum atomic E-state index is -1.10. The van der Waals surface area contributed by atoms with Crippen LogP contribution in [0.5, 0.6) is 11.5 Å². The molecule has 0 aromatic heterocycles. The van der Waals surface area contributed by atoms with Crippen molar-refractivity contribution in [1.82, 2.24) is 10.9 Å². The summed E-state index contributed by atoms with van der Waals surface area (Å²) in [6.07, 6.45) is 3.14. The molecule has 0 aliphatic heterocycles. The first kappa shape index (κ1) is 34.3. The predicted molar refractivity (Wildman–Crippen MR) is 195 cm³/mol. The fourth-order valence-corrected chi connectivity index (χ4v) is 5.55. The lowest BCUT2D eigenvalue weighted by Gasteiger charge is -2.14. The number of hydrogen-bond donors (Lipinski definition) is 2. The van der Waals surface area contributed by atoms with Gasteiger partial charge in [0, 0.05) is 20.1 Å². The van der Waals surface area contributed by atoms with E-state index in [1.54, 1.807) is 0 Å². The van der Waals surface area contributed by atoms with Gasteiger partial charge in [0.25, 0.3) is 11.8 Å². The summed E-state index contributed by atoms with van der Waals surface area (Å²) in [5.41, 5.74) is 9.21. The third-order valence-electron chi connectivity index (χ3n) is 7.08. The van der Waals surface area contributed by atoms with Gasteiger partial charge in [-0.2, -0.15) is 10.2 Å². The molecule has 0 spiro atoms. The summed E-state index contributed by atoms with van der Waals surface area (Å²) in [7, 11) is 0. The van der Waals surface area contributed by atoms with Crippen LogP contribution in [0.3, 0.4) is 0 Å². The van der Waals surface area contributed by atoms with Crippen LogP contribution in [0.15, 0.2) is 147 Å². The van der Waals surface area contributed by atoms with Gasteiger partial charge < -0.3 is 9.47 Å². The average Bonchev–Trinajstić information content (AvgIpc) is 3.10. The first-order valence-corrected chi connectivity index (χ1v) is 16.7. The fourth-order valence-electron chi connectivity index (χ4n) is 4.65. The molecule has 0 bridgehead atoms. The van der Waals surface area contributed by atoms with Crippen molar-refractivity contribution in [3.05, 3.63) is 164 Å². The van der Waals surface area contributed by atoms with Crippen LogP contribution in [0, 0.1) is 5.92 Å². The molecule has 48 heavy (non-hydrogen) atoms. The normalized spacial score (nSPS) is 11.1. The lowest BCUT2D eigenvalue weighted by Crippen LogP contribution is -2.39. The quantitative estimate of drug-likeness (QED) is 0.0684. The van der Waals surface area contributed by atoms with E-state index in [1.807, 2.05) is 127 Å². The van der Waals surface area contributed by atoms with Gasteiger partial charge in [0.05, 0.1) is 12.4 Å². The van der Waals surface area contributed by atoms with Crippen LogP contribution >= 0.6 is 31.9 Å². The number of carbonyl (C=O) groups is 2. The van der Waals surface area contributed by atoms with Gasteiger partial charge in [0.2, 0.25) is 0 Å². The summed E-state index contributed by atoms with van der Waals surface area (Å²) in [6.45, 7) is 0.718. The van der Waals surface area contributed by atoms with E-state index in [9.17, 15) is 9.59 Å². The third kappa shape index (κ3) is 10.5. The van der Waals surface area contributed by atoms with Crippen molar-refractivity contribution in [2.75, 3.05) is 0 Å².